The molecule has 0 fully saturated rings. The first kappa shape index (κ1) is 8.58. The number of phenols is 1. The second-order valence-corrected chi connectivity index (χ2v) is 4.27. The molecule has 0 unspecified atom stereocenters. The van der Waals surface area contributed by atoms with Gasteiger partial charge in [-0.2, -0.15) is 0 Å². The van der Waals surface area contributed by atoms with Gasteiger partial charge < -0.3 is 5.11 Å². The number of hydrogen-bond acceptors (Lipinski definition) is 1. The quantitative estimate of drug-likeness (QED) is 0.706. The van der Waals surface area contributed by atoms with E-state index in [0.29, 0.717) is 5.75 Å². The van der Waals surface area contributed by atoms with Crippen LogP contribution in [0.15, 0.2) is 12.1 Å². The summed E-state index contributed by atoms with van der Waals surface area (Å²) in [4.78, 5) is 0. The number of benzene rings is 1. The molecule has 0 bridgehead atoms. The maximum Gasteiger partial charge on any atom is 0.132 e. The molecule has 0 saturated heterocycles. The van der Waals surface area contributed by atoms with Crippen molar-refractivity contribution in [2.24, 2.45) is 0 Å². The van der Waals surface area contributed by atoms with Crippen molar-refractivity contribution in [2.45, 2.75) is 6.92 Å². The Labute approximate surface area is 87.1 Å². The Balaban J connectivity index is 3.34. The van der Waals surface area contributed by atoms with Gasteiger partial charge in [-0.3, -0.25) is 0 Å². The van der Waals surface area contributed by atoms with Crippen molar-refractivity contribution >= 4 is 45.2 Å². The molecule has 0 spiro atoms. The van der Waals surface area contributed by atoms with E-state index in [-0.39, 0.29) is 0 Å². The fraction of sp³-hybridized carbons (Fsp3) is 0.143. The Kier molecular flexibility index (Phi) is 2.79. The molecule has 0 amide bonds. The lowest BCUT2D eigenvalue weighted by Crippen LogP contribution is -1.82. The molecule has 1 aromatic rings. The molecule has 3 heteroatoms. The first-order valence-corrected chi connectivity index (χ1v) is 4.92. The summed E-state index contributed by atoms with van der Waals surface area (Å²) in [5.74, 6) is 0.410. The number of hydrogen-bond donors (Lipinski definition) is 1. The third kappa shape index (κ3) is 1.55. The van der Waals surface area contributed by atoms with Crippen LogP contribution in [0.3, 0.4) is 0 Å². The topological polar surface area (TPSA) is 20.2 Å². The zero-order valence-electron chi connectivity index (χ0n) is 5.36. The predicted molar refractivity (Wildman–Crippen MR) is 58.3 cm³/mol. The molecule has 0 heterocycles. The SMILES string of the molecule is Cc1ccc(I)c(I)c1O. The summed E-state index contributed by atoms with van der Waals surface area (Å²) in [6, 6.07) is 3.91. The third-order valence-electron chi connectivity index (χ3n) is 1.27. The molecule has 54 valence electrons. The highest BCUT2D eigenvalue weighted by atomic mass is 127. The first-order chi connectivity index (χ1) is 4.63. The van der Waals surface area contributed by atoms with Crippen molar-refractivity contribution in [1.29, 1.82) is 0 Å². The van der Waals surface area contributed by atoms with Gasteiger partial charge in [0.2, 0.25) is 0 Å². The zero-order chi connectivity index (χ0) is 7.72. The standard InChI is InChI=1S/C7H6I2O/c1-4-2-3-5(8)6(9)7(4)10/h2-3,10H,1H3. The third-order valence-corrected chi connectivity index (χ3v) is 4.29. The number of rotatable bonds is 0. The molecule has 0 radical (unpaired) electrons. The minimum absolute atomic E-state index is 0.410. The van der Waals surface area contributed by atoms with Crippen LogP contribution in [0.25, 0.3) is 0 Å². The Morgan fingerprint density at radius 1 is 1.30 bits per heavy atom. The molecule has 0 aliphatic rings. The summed E-state index contributed by atoms with van der Waals surface area (Å²) in [7, 11) is 0. The van der Waals surface area contributed by atoms with Crippen molar-refractivity contribution in [3.8, 4) is 5.75 Å². The number of phenolic OH excluding ortho intramolecular Hbond substituents is 1. The first-order valence-electron chi connectivity index (χ1n) is 2.76. The maximum atomic E-state index is 9.37. The highest BCUT2D eigenvalue weighted by Crippen LogP contribution is 2.27. The van der Waals surface area contributed by atoms with Gasteiger partial charge in [0.1, 0.15) is 5.75 Å². The molecule has 1 aromatic carbocycles. The Bertz CT molecular complexity index is 231. The monoisotopic (exact) mass is 360 g/mol. The second kappa shape index (κ2) is 3.25. The lowest BCUT2D eigenvalue weighted by atomic mass is 10.2. The smallest absolute Gasteiger partial charge is 0.132 e. The summed E-state index contributed by atoms with van der Waals surface area (Å²) in [5.41, 5.74) is 0.935. The van der Waals surface area contributed by atoms with Crippen LogP contribution < -0.4 is 0 Å². The second-order valence-electron chi connectivity index (χ2n) is 2.03. The van der Waals surface area contributed by atoms with Gasteiger partial charge in [0.15, 0.2) is 0 Å². The van der Waals surface area contributed by atoms with E-state index in [1.165, 1.54) is 0 Å². The molecular formula is C7H6I2O. The van der Waals surface area contributed by atoms with Gasteiger partial charge >= 0.3 is 0 Å². The van der Waals surface area contributed by atoms with Gasteiger partial charge in [0.05, 0.1) is 3.57 Å². The minimum atomic E-state index is 0.410. The van der Waals surface area contributed by atoms with Gasteiger partial charge in [0.25, 0.3) is 0 Å². The van der Waals surface area contributed by atoms with E-state index in [1.54, 1.807) is 0 Å². The molecule has 0 aromatic heterocycles. The largest absolute Gasteiger partial charge is 0.507 e. The molecule has 0 atom stereocenters. The summed E-state index contributed by atoms with van der Waals surface area (Å²) in [6.45, 7) is 1.90. The Morgan fingerprint density at radius 3 is 2.40 bits per heavy atom. The molecule has 1 nitrogen and oxygen atoms in total. The van der Waals surface area contributed by atoms with Crippen molar-refractivity contribution < 1.29 is 5.11 Å². The minimum Gasteiger partial charge on any atom is -0.507 e. The Morgan fingerprint density at radius 2 is 1.90 bits per heavy atom. The number of aryl methyl sites for hydroxylation is 1. The van der Waals surface area contributed by atoms with Crippen LogP contribution in [-0.2, 0) is 0 Å². The summed E-state index contributed by atoms with van der Waals surface area (Å²) in [6.07, 6.45) is 0. The van der Waals surface area contributed by atoms with Crippen molar-refractivity contribution in [1.82, 2.24) is 0 Å². The normalized spacial score (nSPS) is 9.90. The summed E-state index contributed by atoms with van der Waals surface area (Å²) < 4.78 is 2.04. The highest BCUT2D eigenvalue weighted by Gasteiger charge is 2.03. The van der Waals surface area contributed by atoms with Crippen LogP contribution in [-0.4, -0.2) is 5.11 Å². The van der Waals surface area contributed by atoms with E-state index in [0.717, 1.165) is 12.7 Å². The van der Waals surface area contributed by atoms with Gasteiger partial charge in [-0.1, -0.05) is 6.07 Å². The van der Waals surface area contributed by atoms with E-state index in [4.69, 9.17) is 0 Å². The van der Waals surface area contributed by atoms with Crippen molar-refractivity contribution in [3.63, 3.8) is 0 Å². The average molecular weight is 360 g/mol. The molecule has 1 N–H and O–H groups in total. The molecule has 1 rings (SSSR count). The molecule has 0 saturated carbocycles. The van der Waals surface area contributed by atoms with Gasteiger partial charge in [-0.25, -0.2) is 0 Å². The van der Waals surface area contributed by atoms with Crippen LogP contribution in [0, 0.1) is 14.1 Å². The van der Waals surface area contributed by atoms with Crippen LogP contribution in [0.1, 0.15) is 5.56 Å². The van der Waals surface area contributed by atoms with E-state index in [2.05, 4.69) is 45.2 Å². The fourth-order valence-electron chi connectivity index (χ4n) is 0.636. The molecular weight excluding hydrogens is 354 g/mol. The Hall–Kier alpha value is 0.480. The lowest BCUT2D eigenvalue weighted by Gasteiger charge is -2.01. The van der Waals surface area contributed by atoms with Crippen LogP contribution in [0.2, 0.25) is 0 Å². The van der Waals surface area contributed by atoms with Crippen molar-refractivity contribution in [2.75, 3.05) is 0 Å². The number of halogens is 2. The van der Waals surface area contributed by atoms with Gasteiger partial charge in [-0.15, -0.1) is 0 Å². The zero-order valence-corrected chi connectivity index (χ0v) is 9.67. The van der Waals surface area contributed by atoms with Gasteiger partial charge in [0, 0.05) is 3.57 Å². The molecule has 10 heavy (non-hydrogen) atoms. The number of aromatic hydroxyl groups is 1. The van der Waals surface area contributed by atoms with E-state index in [9.17, 15) is 5.11 Å². The summed E-state index contributed by atoms with van der Waals surface area (Å²) in [5, 5.41) is 9.37. The average Bonchev–Trinajstić information content (AvgIpc) is 1.93. The van der Waals surface area contributed by atoms with Gasteiger partial charge in [-0.05, 0) is 63.7 Å². The van der Waals surface area contributed by atoms with E-state index < -0.39 is 0 Å². The molecule has 0 aliphatic heterocycles. The fourth-order valence-corrected chi connectivity index (χ4v) is 1.68. The summed E-state index contributed by atoms with van der Waals surface area (Å²) >= 11 is 4.34. The predicted octanol–water partition coefficient (Wildman–Crippen LogP) is 2.91. The van der Waals surface area contributed by atoms with Crippen LogP contribution >= 0.6 is 45.2 Å². The van der Waals surface area contributed by atoms with Crippen molar-refractivity contribution in [3.05, 3.63) is 24.8 Å². The van der Waals surface area contributed by atoms with E-state index in [1.807, 2.05) is 19.1 Å². The molecule has 0 aliphatic carbocycles. The van der Waals surface area contributed by atoms with Crippen LogP contribution in [0.4, 0.5) is 0 Å². The highest BCUT2D eigenvalue weighted by molar-refractivity contribution is 14.1. The maximum absolute atomic E-state index is 9.37. The van der Waals surface area contributed by atoms with Crippen LogP contribution in [0.5, 0.6) is 5.75 Å². The van der Waals surface area contributed by atoms with E-state index >= 15 is 0 Å². The lowest BCUT2D eigenvalue weighted by molar-refractivity contribution is 0.466.